The van der Waals surface area contributed by atoms with Crippen LogP contribution in [0.3, 0.4) is 0 Å². The molecule has 1 atom stereocenters. The third kappa shape index (κ3) is 5.35. The molecule has 0 heterocycles. The number of hydrogen-bond donors (Lipinski definition) is 1. The predicted molar refractivity (Wildman–Crippen MR) is 96.6 cm³/mol. The van der Waals surface area contributed by atoms with E-state index in [-0.39, 0.29) is 5.75 Å². The number of ether oxygens (including phenoxy) is 2. The monoisotopic (exact) mass is 407 g/mol. The maximum atomic E-state index is 12.1. The first-order valence-electron chi connectivity index (χ1n) is 6.74. The molecule has 0 spiro atoms. The minimum Gasteiger partial charge on any atom is -0.497 e. The third-order valence-corrected chi connectivity index (χ3v) is 3.94. The van der Waals surface area contributed by atoms with Crippen LogP contribution >= 0.6 is 46.4 Å². The van der Waals surface area contributed by atoms with Crippen molar-refractivity contribution in [2.75, 3.05) is 7.11 Å². The number of carbonyl (C=O) groups excluding carboxylic acids is 1. The number of nitrogens with one attached hydrogen (secondary N) is 1. The van der Waals surface area contributed by atoms with Gasteiger partial charge in [0.05, 0.1) is 7.11 Å². The minimum absolute atomic E-state index is 0.276. The Hall–Kier alpha value is -1.33. The van der Waals surface area contributed by atoms with E-state index in [0.717, 1.165) is 0 Å². The molecule has 0 saturated carbocycles. The Morgan fingerprint density at radius 2 is 1.75 bits per heavy atom. The standard InChI is InChI=1S/C16H13Cl4NO3/c1-23-12-7-5-10(6-8-12)14(16(18,19)20)21-15(22)24-13-4-2-3-11(17)9-13/h2-9,14H,1H3,(H,21,22)/t14-/m0/s1. The molecule has 0 bridgehead atoms. The Morgan fingerprint density at radius 1 is 1.08 bits per heavy atom. The van der Waals surface area contributed by atoms with Crippen LogP contribution in [0.5, 0.6) is 11.5 Å². The first-order valence-corrected chi connectivity index (χ1v) is 8.25. The van der Waals surface area contributed by atoms with Crippen molar-refractivity contribution in [1.82, 2.24) is 5.32 Å². The molecule has 0 aliphatic carbocycles. The fourth-order valence-electron chi connectivity index (χ4n) is 1.94. The largest absolute Gasteiger partial charge is 0.497 e. The maximum absolute atomic E-state index is 12.1. The van der Waals surface area contributed by atoms with Crippen molar-refractivity contribution in [3.05, 3.63) is 59.1 Å². The lowest BCUT2D eigenvalue weighted by atomic mass is 10.1. The molecule has 4 nitrogen and oxygen atoms in total. The molecule has 0 aliphatic rings. The van der Waals surface area contributed by atoms with Crippen LogP contribution in [0.4, 0.5) is 4.79 Å². The number of methoxy groups -OCH3 is 1. The van der Waals surface area contributed by atoms with E-state index in [9.17, 15) is 4.79 Å². The van der Waals surface area contributed by atoms with Gasteiger partial charge in [0.25, 0.3) is 0 Å². The van der Waals surface area contributed by atoms with Crippen LogP contribution in [-0.4, -0.2) is 17.0 Å². The predicted octanol–water partition coefficient (Wildman–Crippen LogP) is 5.55. The molecule has 8 heteroatoms. The molecule has 0 saturated heterocycles. The number of amides is 1. The number of benzene rings is 2. The highest BCUT2D eigenvalue weighted by molar-refractivity contribution is 6.68. The van der Waals surface area contributed by atoms with E-state index in [1.807, 2.05) is 0 Å². The van der Waals surface area contributed by atoms with Gasteiger partial charge in [-0.15, -0.1) is 0 Å². The highest BCUT2D eigenvalue weighted by atomic mass is 35.6. The Morgan fingerprint density at radius 3 is 2.29 bits per heavy atom. The van der Waals surface area contributed by atoms with E-state index in [0.29, 0.717) is 16.3 Å². The molecule has 0 aromatic heterocycles. The van der Waals surface area contributed by atoms with Gasteiger partial charge >= 0.3 is 6.09 Å². The third-order valence-electron chi connectivity index (χ3n) is 3.05. The van der Waals surface area contributed by atoms with Gasteiger partial charge in [-0.05, 0) is 35.9 Å². The quantitative estimate of drug-likeness (QED) is 0.674. The van der Waals surface area contributed by atoms with Crippen LogP contribution in [-0.2, 0) is 0 Å². The van der Waals surface area contributed by atoms with E-state index in [1.165, 1.54) is 6.07 Å². The van der Waals surface area contributed by atoms with Crippen LogP contribution in [0, 0.1) is 0 Å². The Kier molecular flexibility index (Phi) is 6.47. The van der Waals surface area contributed by atoms with Gasteiger partial charge in [-0.2, -0.15) is 0 Å². The molecule has 1 N–H and O–H groups in total. The van der Waals surface area contributed by atoms with Crippen molar-refractivity contribution >= 4 is 52.5 Å². The normalized spacial score (nSPS) is 12.4. The van der Waals surface area contributed by atoms with Gasteiger partial charge in [-0.25, -0.2) is 4.79 Å². The molecule has 1 amide bonds. The Balaban J connectivity index is 2.15. The molecule has 0 unspecified atom stereocenters. The van der Waals surface area contributed by atoms with Crippen molar-refractivity contribution in [3.8, 4) is 11.5 Å². The van der Waals surface area contributed by atoms with E-state index in [1.54, 1.807) is 49.6 Å². The summed E-state index contributed by atoms with van der Waals surface area (Å²) in [6, 6.07) is 12.2. The van der Waals surface area contributed by atoms with Crippen LogP contribution in [0.25, 0.3) is 0 Å². The van der Waals surface area contributed by atoms with Gasteiger partial charge in [0.1, 0.15) is 17.5 Å². The molecular formula is C16H13Cl4NO3. The highest BCUT2D eigenvalue weighted by Gasteiger charge is 2.35. The number of hydrogen-bond acceptors (Lipinski definition) is 3. The number of rotatable bonds is 4. The summed E-state index contributed by atoms with van der Waals surface area (Å²) in [6.07, 6.45) is -0.774. The maximum Gasteiger partial charge on any atom is 0.413 e. The summed E-state index contributed by atoms with van der Waals surface area (Å²) in [7, 11) is 1.54. The fourth-order valence-corrected chi connectivity index (χ4v) is 2.66. The molecule has 0 aliphatic heterocycles. The second-order valence-electron chi connectivity index (χ2n) is 4.74. The van der Waals surface area contributed by atoms with E-state index in [4.69, 9.17) is 55.9 Å². The summed E-state index contributed by atoms with van der Waals surface area (Å²) in [5.74, 6) is 0.918. The molecule has 2 rings (SSSR count). The second-order valence-corrected chi connectivity index (χ2v) is 7.54. The Labute approximate surface area is 159 Å². The van der Waals surface area contributed by atoms with Crippen molar-refractivity contribution in [2.24, 2.45) is 0 Å². The molecule has 0 radical (unpaired) electrons. The van der Waals surface area contributed by atoms with Crippen LogP contribution in [0.15, 0.2) is 48.5 Å². The SMILES string of the molecule is COc1ccc([C@H](NC(=O)Oc2cccc(Cl)c2)C(Cl)(Cl)Cl)cc1. The smallest absolute Gasteiger partial charge is 0.413 e. The molecule has 2 aromatic carbocycles. The van der Waals surface area contributed by atoms with Gasteiger partial charge in [0.2, 0.25) is 3.79 Å². The zero-order valence-electron chi connectivity index (χ0n) is 12.4. The summed E-state index contributed by atoms with van der Waals surface area (Å²) in [4.78, 5) is 12.1. The number of carbonyl (C=O) groups is 1. The molecule has 24 heavy (non-hydrogen) atoms. The number of alkyl halides is 3. The summed E-state index contributed by atoms with van der Waals surface area (Å²) >= 11 is 23.8. The van der Waals surface area contributed by atoms with Gasteiger partial charge in [-0.3, -0.25) is 0 Å². The van der Waals surface area contributed by atoms with Crippen LogP contribution in [0.2, 0.25) is 5.02 Å². The first kappa shape index (κ1) is 19.0. The highest BCUT2D eigenvalue weighted by Crippen LogP contribution is 2.40. The van der Waals surface area contributed by atoms with E-state index < -0.39 is 15.9 Å². The average molecular weight is 409 g/mol. The van der Waals surface area contributed by atoms with E-state index >= 15 is 0 Å². The van der Waals surface area contributed by atoms with Crippen LogP contribution in [0.1, 0.15) is 11.6 Å². The molecule has 128 valence electrons. The van der Waals surface area contributed by atoms with Crippen molar-refractivity contribution in [1.29, 1.82) is 0 Å². The number of halogens is 4. The zero-order chi connectivity index (χ0) is 17.7. The van der Waals surface area contributed by atoms with Crippen molar-refractivity contribution < 1.29 is 14.3 Å². The van der Waals surface area contributed by atoms with Gasteiger partial charge in [-0.1, -0.05) is 64.6 Å². The summed E-state index contributed by atoms with van der Waals surface area (Å²) < 4.78 is 8.46. The lowest BCUT2D eigenvalue weighted by molar-refractivity contribution is 0.196. The van der Waals surface area contributed by atoms with Crippen LogP contribution < -0.4 is 14.8 Å². The first-order chi connectivity index (χ1) is 11.3. The van der Waals surface area contributed by atoms with Gasteiger partial charge < -0.3 is 14.8 Å². The van der Waals surface area contributed by atoms with E-state index in [2.05, 4.69) is 5.32 Å². The van der Waals surface area contributed by atoms with Gasteiger partial charge in [0.15, 0.2) is 0 Å². The minimum atomic E-state index is -1.78. The molecular weight excluding hydrogens is 396 g/mol. The van der Waals surface area contributed by atoms with Crippen molar-refractivity contribution in [2.45, 2.75) is 9.83 Å². The Bertz CT molecular complexity index is 701. The van der Waals surface area contributed by atoms with Crippen molar-refractivity contribution in [3.63, 3.8) is 0 Å². The average Bonchev–Trinajstić information content (AvgIpc) is 2.52. The summed E-state index contributed by atoms with van der Waals surface area (Å²) in [6.45, 7) is 0. The topological polar surface area (TPSA) is 47.6 Å². The second kappa shape index (κ2) is 8.17. The molecule has 0 fully saturated rings. The lowest BCUT2D eigenvalue weighted by Crippen LogP contribution is -2.38. The zero-order valence-corrected chi connectivity index (χ0v) is 15.5. The molecule has 2 aromatic rings. The lowest BCUT2D eigenvalue weighted by Gasteiger charge is -2.25. The summed E-state index contributed by atoms with van der Waals surface area (Å²) in [5, 5.41) is 2.98. The fraction of sp³-hybridized carbons (Fsp3) is 0.188. The van der Waals surface area contributed by atoms with Gasteiger partial charge in [0, 0.05) is 5.02 Å². The summed E-state index contributed by atoms with van der Waals surface area (Å²) in [5.41, 5.74) is 0.582.